The van der Waals surface area contributed by atoms with E-state index in [0.29, 0.717) is 13.2 Å². The van der Waals surface area contributed by atoms with Crippen molar-refractivity contribution in [3.05, 3.63) is 35.9 Å². The van der Waals surface area contributed by atoms with Crippen molar-refractivity contribution in [2.45, 2.75) is 38.7 Å². The van der Waals surface area contributed by atoms with Crippen molar-refractivity contribution in [3.63, 3.8) is 0 Å². The molecule has 0 aromatic heterocycles. The van der Waals surface area contributed by atoms with Crippen LogP contribution in [0.5, 0.6) is 0 Å². The Morgan fingerprint density at radius 1 is 1.12 bits per heavy atom. The smallest absolute Gasteiger partial charge is 0.0716 e. The second kappa shape index (κ2) is 6.18. The molecule has 17 heavy (non-hydrogen) atoms. The van der Waals surface area contributed by atoms with Gasteiger partial charge in [-0.1, -0.05) is 43.2 Å². The molecule has 0 bridgehead atoms. The molecule has 0 heterocycles. The minimum absolute atomic E-state index is 0.163. The quantitative estimate of drug-likeness (QED) is 0.766. The van der Waals surface area contributed by atoms with E-state index in [-0.39, 0.29) is 5.41 Å². The number of benzene rings is 1. The van der Waals surface area contributed by atoms with Crippen LogP contribution >= 0.6 is 0 Å². The van der Waals surface area contributed by atoms with Crippen LogP contribution in [0.1, 0.15) is 37.7 Å². The first-order valence-corrected chi connectivity index (χ1v) is 6.57. The minimum atomic E-state index is 0.163. The fourth-order valence-corrected chi connectivity index (χ4v) is 2.67. The van der Waals surface area contributed by atoms with Gasteiger partial charge in [0.15, 0.2) is 0 Å². The second-order valence-electron chi connectivity index (χ2n) is 5.15. The SMILES string of the molecule is OCC1(CCOCc2ccccc2)CCCC1. The van der Waals surface area contributed by atoms with Gasteiger partial charge < -0.3 is 9.84 Å². The highest BCUT2D eigenvalue weighted by Crippen LogP contribution is 2.40. The molecular formula is C15H22O2. The fraction of sp³-hybridized carbons (Fsp3) is 0.600. The molecular weight excluding hydrogens is 212 g/mol. The highest BCUT2D eigenvalue weighted by molar-refractivity contribution is 5.13. The molecule has 2 rings (SSSR count). The Balaban J connectivity index is 1.69. The lowest BCUT2D eigenvalue weighted by atomic mass is 9.84. The summed E-state index contributed by atoms with van der Waals surface area (Å²) >= 11 is 0. The highest BCUT2D eigenvalue weighted by atomic mass is 16.5. The summed E-state index contributed by atoms with van der Waals surface area (Å²) in [6.07, 6.45) is 5.85. The lowest BCUT2D eigenvalue weighted by Gasteiger charge is -2.26. The topological polar surface area (TPSA) is 29.5 Å². The zero-order valence-electron chi connectivity index (χ0n) is 10.4. The molecule has 0 radical (unpaired) electrons. The average Bonchev–Trinajstić information content (AvgIpc) is 2.85. The zero-order chi connectivity index (χ0) is 12.0. The molecule has 1 fully saturated rings. The van der Waals surface area contributed by atoms with Crippen LogP contribution < -0.4 is 0 Å². The maximum absolute atomic E-state index is 9.48. The Hall–Kier alpha value is -0.860. The largest absolute Gasteiger partial charge is 0.396 e. The van der Waals surface area contributed by atoms with Crippen LogP contribution in [0, 0.1) is 5.41 Å². The predicted octanol–water partition coefficient (Wildman–Crippen LogP) is 3.15. The lowest BCUT2D eigenvalue weighted by Crippen LogP contribution is -2.23. The van der Waals surface area contributed by atoms with Crippen molar-refractivity contribution < 1.29 is 9.84 Å². The third kappa shape index (κ3) is 3.55. The van der Waals surface area contributed by atoms with Gasteiger partial charge >= 0.3 is 0 Å². The van der Waals surface area contributed by atoms with Crippen molar-refractivity contribution in [1.82, 2.24) is 0 Å². The normalized spacial score (nSPS) is 18.4. The minimum Gasteiger partial charge on any atom is -0.396 e. The molecule has 94 valence electrons. The average molecular weight is 234 g/mol. The van der Waals surface area contributed by atoms with E-state index >= 15 is 0 Å². The van der Waals surface area contributed by atoms with Gasteiger partial charge in [0.25, 0.3) is 0 Å². The molecule has 2 heteroatoms. The van der Waals surface area contributed by atoms with Gasteiger partial charge in [0.05, 0.1) is 6.61 Å². The Bertz CT molecular complexity index is 315. The van der Waals surface area contributed by atoms with Gasteiger partial charge in [-0.15, -0.1) is 0 Å². The molecule has 0 saturated heterocycles. The van der Waals surface area contributed by atoms with Crippen LogP contribution in [-0.4, -0.2) is 18.3 Å². The van der Waals surface area contributed by atoms with E-state index in [1.165, 1.54) is 18.4 Å². The van der Waals surface area contributed by atoms with Gasteiger partial charge in [0.2, 0.25) is 0 Å². The Morgan fingerprint density at radius 2 is 1.82 bits per heavy atom. The molecule has 0 unspecified atom stereocenters. The van der Waals surface area contributed by atoms with E-state index in [2.05, 4.69) is 12.1 Å². The summed E-state index contributed by atoms with van der Waals surface area (Å²) in [4.78, 5) is 0. The standard InChI is InChI=1S/C15H22O2/c16-13-15(8-4-5-9-15)10-11-17-12-14-6-2-1-3-7-14/h1-3,6-7,16H,4-5,8-13H2. The summed E-state index contributed by atoms with van der Waals surface area (Å²) < 4.78 is 5.70. The molecule has 1 aliphatic rings. The summed E-state index contributed by atoms with van der Waals surface area (Å²) in [6.45, 7) is 1.76. The van der Waals surface area contributed by atoms with E-state index in [9.17, 15) is 5.11 Å². The molecule has 1 aromatic carbocycles. The monoisotopic (exact) mass is 234 g/mol. The summed E-state index contributed by atoms with van der Waals surface area (Å²) in [5.74, 6) is 0. The van der Waals surface area contributed by atoms with E-state index in [1.807, 2.05) is 18.2 Å². The summed E-state index contributed by atoms with van der Waals surface area (Å²) in [6, 6.07) is 10.2. The predicted molar refractivity (Wildman–Crippen MR) is 68.7 cm³/mol. The van der Waals surface area contributed by atoms with Gasteiger partial charge in [-0.05, 0) is 30.2 Å². The van der Waals surface area contributed by atoms with Crippen LogP contribution in [0.4, 0.5) is 0 Å². The summed E-state index contributed by atoms with van der Waals surface area (Å²) in [7, 11) is 0. The fourth-order valence-electron chi connectivity index (χ4n) is 2.67. The van der Waals surface area contributed by atoms with E-state index < -0.39 is 0 Å². The third-order valence-electron chi connectivity index (χ3n) is 3.89. The molecule has 1 aliphatic carbocycles. The van der Waals surface area contributed by atoms with Crippen molar-refractivity contribution in [2.75, 3.05) is 13.2 Å². The summed E-state index contributed by atoms with van der Waals surface area (Å²) in [5.41, 5.74) is 1.38. The Labute approximate surface area is 104 Å². The maximum atomic E-state index is 9.48. The first-order chi connectivity index (χ1) is 8.35. The number of hydrogen-bond donors (Lipinski definition) is 1. The number of rotatable bonds is 6. The molecule has 0 amide bonds. The maximum Gasteiger partial charge on any atom is 0.0716 e. The number of ether oxygens (including phenoxy) is 1. The van der Waals surface area contributed by atoms with Crippen molar-refractivity contribution in [1.29, 1.82) is 0 Å². The molecule has 0 aliphatic heterocycles. The summed E-state index contributed by atoms with van der Waals surface area (Å²) in [5, 5.41) is 9.48. The Kier molecular flexibility index (Phi) is 4.57. The van der Waals surface area contributed by atoms with Crippen molar-refractivity contribution in [2.24, 2.45) is 5.41 Å². The number of aliphatic hydroxyl groups excluding tert-OH is 1. The van der Waals surface area contributed by atoms with Gasteiger partial charge in [-0.2, -0.15) is 0 Å². The van der Waals surface area contributed by atoms with Crippen molar-refractivity contribution >= 4 is 0 Å². The molecule has 0 atom stereocenters. The number of aliphatic hydroxyl groups is 1. The molecule has 1 N–H and O–H groups in total. The van der Waals surface area contributed by atoms with Crippen LogP contribution in [-0.2, 0) is 11.3 Å². The van der Waals surface area contributed by atoms with Crippen LogP contribution in [0.15, 0.2) is 30.3 Å². The molecule has 1 saturated carbocycles. The molecule has 0 spiro atoms. The molecule has 2 nitrogen and oxygen atoms in total. The third-order valence-corrected chi connectivity index (χ3v) is 3.89. The second-order valence-corrected chi connectivity index (χ2v) is 5.15. The van der Waals surface area contributed by atoms with Gasteiger partial charge in [-0.3, -0.25) is 0 Å². The van der Waals surface area contributed by atoms with Gasteiger partial charge in [-0.25, -0.2) is 0 Å². The van der Waals surface area contributed by atoms with Crippen LogP contribution in [0.3, 0.4) is 0 Å². The lowest BCUT2D eigenvalue weighted by molar-refractivity contribution is 0.0534. The first-order valence-electron chi connectivity index (χ1n) is 6.57. The molecule has 1 aromatic rings. The van der Waals surface area contributed by atoms with E-state index in [4.69, 9.17) is 4.74 Å². The first kappa shape index (κ1) is 12.6. The van der Waals surface area contributed by atoms with Crippen LogP contribution in [0.25, 0.3) is 0 Å². The van der Waals surface area contributed by atoms with E-state index in [1.54, 1.807) is 0 Å². The Morgan fingerprint density at radius 3 is 2.47 bits per heavy atom. The number of hydrogen-bond acceptors (Lipinski definition) is 2. The van der Waals surface area contributed by atoms with Gasteiger partial charge in [0.1, 0.15) is 0 Å². The van der Waals surface area contributed by atoms with E-state index in [0.717, 1.165) is 25.9 Å². The highest BCUT2D eigenvalue weighted by Gasteiger charge is 2.32. The zero-order valence-corrected chi connectivity index (χ0v) is 10.4. The van der Waals surface area contributed by atoms with Gasteiger partial charge in [0, 0.05) is 13.2 Å². The van der Waals surface area contributed by atoms with Crippen molar-refractivity contribution in [3.8, 4) is 0 Å². The van der Waals surface area contributed by atoms with Crippen LogP contribution in [0.2, 0.25) is 0 Å².